The molecule has 2 N–H and O–H groups in total. The lowest BCUT2D eigenvalue weighted by Gasteiger charge is -2.33. The fourth-order valence-electron chi connectivity index (χ4n) is 1.55. The zero-order chi connectivity index (χ0) is 10.6. The van der Waals surface area contributed by atoms with E-state index in [2.05, 4.69) is 0 Å². The fraction of sp³-hybridized carbons (Fsp3) is 0.900. The van der Waals surface area contributed by atoms with Gasteiger partial charge in [0.1, 0.15) is 0 Å². The first-order valence-corrected chi connectivity index (χ1v) is 5.29. The Hall–Kier alpha value is -0.320. The van der Waals surface area contributed by atoms with Crippen LogP contribution in [-0.4, -0.2) is 43.2 Å². The summed E-state index contributed by atoms with van der Waals surface area (Å²) in [6, 6.07) is 0. The van der Waals surface area contributed by atoms with Gasteiger partial charge in [-0.3, -0.25) is 4.79 Å². The molecule has 2 atom stereocenters. The lowest BCUT2D eigenvalue weighted by molar-refractivity contribution is -0.142. The van der Waals surface area contributed by atoms with Gasteiger partial charge in [-0.25, -0.2) is 0 Å². The molecule has 4 nitrogen and oxygen atoms in total. The lowest BCUT2D eigenvalue weighted by Crippen LogP contribution is -2.49. The molecule has 15 heavy (non-hydrogen) atoms. The normalized spacial score (nSPS) is 23.1. The average molecular weight is 237 g/mol. The molecule has 1 rings (SSSR count). The highest BCUT2D eigenvalue weighted by molar-refractivity contribution is 5.85. The van der Waals surface area contributed by atoms with Crippen LogP contribution >= 0.6 is 12.4 Å². The summed E-state index contributed by atoms with van der Waals surface area (Å²) in [6.45, 7) is 6.46. The summed E-state index contributed by atoms with van der Waals surface area (Å²) in [6.07, 6.45) is 0.917. The van der Waals surface area contributed by atoms with Crippen molar-refractivity contribution >= 4 is 18.3 Å². The van der Waals surface area contributed by atoms with Crippen LogP contribution in [0.15, 0.2) is 0 Å². The summed E-state index contributed by atoms with van der Waals surface area (Å²) in [5, 5.41) is 0. The Labute approximate surface area is 97.5 Å². The van der Waals surface area contributed by atoms with E-state index in [1.54, 1.807) is 0 Å². The van der Waals surface area contributed by atoms with Crippen molar-refractivity contribution in [2.45, 2.75) is 26.4 Å². The third-order valence-corrected chi connectivity index (χ3v) is 2.75. The Balaban J connectivity index is 0.00000196. The van der Waals surface area contributed by atoms with Gasteiger partial charge in [-0.1, -0.05) is 13.8 Å². The van der Waals surface area contributed by atoms with E-state index in [0.717, 1.165) is 6.42 Å². The molecule has 1 amide bonds. The van der Waals surface area contributed by atoms with Gasteiger partial charge in [0.05, 0.1) is 12.7 Å². The quantitative estimate of drug-likeness (QED) is 0.783. The molecule has 1 saturated heterocycles. The van der Waals surface area contributed by atoms with Gasteiger partial charge < -0.3 is 15.4 Å². The number of rotatable bonds is 3. The first kappa shape index (κ1) is 14.7. The fourth-order valence-corrected chi connectivity index (χ4v) is 1.55. The predicted octanol–water partition coefficient (Wildman–Crippen LogP) is 0.640. The molecule has 1 aliphatic heterocycles. The highest BCUT2D eigenvalue weighted by Gasteiger charge is 2.25. The molecule has 0 aromatic rings. The number of carbonyl (C=O) groups excluding carboxylic acids is 1. The molecule has 0 aliphatic carbocycles. The Morgan fingerprint density at radius 2 is 2.33 bits per heavy atom. The van der Waals surface area contributed by atoms with Gasteiger partial charge in [-0.05, 0) is 6.42 Å². The van der Waals surface area contributed by atoms with Crippen LogP contribution < -0.4 is 5.73 Å². The third-order valence-electron chi connectivity index (χ3n) is 2.75. The number of halogens is 1. The summed E-state index contributed by atoms with van der Waals surface area (Å²) in [5.74, 6) is 0.348. The molecule has 90 valence electrons. The molecule has 0 aromatic heterocycles. The smallest absolute Gasteiger partial charge is 0.225 e. The van der Waals surface area contributed by atoms with Crippen LogP contribution in [0, 0.1) is 5.92 Å². The highest BCUT2D eigenvalue weighted by atomic mass is 35.5. The van der Waals surface area contributed by atoms with Crippen molar-refractivity contribution in [3.8, 4) is 0 Å². The number of hydrogen-bond acceptors (Lipinski definition) is 3. The maximum atomic E-state index is 11.8. The molecule has 1 aliphatic rings. The second-order valence-electron chi connectivity index (χ2n) is 3.82. The number of carbonyl (C=O) groups is 1. The van der Waals surface area contributed by atoms with Crippen molar-refractivity contribution in [3.05, 3.63) is 0 Å². The van der Waals surface area contributed by atoms with E-state index >= 15 is 0 Å². The number of amides is 1. The number of hydrogen-bond donors (Lipinski definition) is 1. The van der Waals surface area contributed by atoms with Gasteiger partial charge in [0.25, 0.3) is 0 Å². The largest absolute Gasteiger partial charge is 0.373 e. The van der Waals surface area contributed by atoms with Crippen molar-refractivity contribution in [3.63, 3.8) is 0 Å². The Bertz CT molecular complexity index is 202. The summed E-state index contributed by atoms with van der Waals surface area (Å²) >= 11 is 0. The molecule has 0 bridgehead atoms. The summed E-state index contributed by atoms with van der Waals surface area (Å²) in [5.41, 5.74) is 5.51. The molecule has 5 heteroatoms. The van der Waals surface area contributed by atoms with Crippen LogP contribution in [0.1, 0.15) is 20.3 Å². The van der Waals surface area contributed by atoms with Crippen LogP contribution in [0.4, 0.5) is 0 Å². The first-order chi connectivity index (χ1) is 6.69. The standard InChI is InChI=1S/C10H20N2O2.ClH/c1-3-8(2)10(13)12-4-5-14-9(6-11)7-12;/h8-9H,3-7,11H2,1-2H3;1H. The maximum absolute atomic E-state index is 11.8. The number of nitrogens with two attached hydrogens (primary N) is 1. The van der Waals surface area contributed by atoms with E-state index in [9.17, 15) is 4.79 Å². The molecule has 0 spiro atoms. The summed E-state index contributed by atoms with van der Waals surface area (Å²) in [4.78, 5) is 13.7. The van der Waals surface area contributed by atoms with E-state index in [1.807, 2.05) is 18.7 Å². The molecule has 0 radical (unpaired) electrons. The third kappa shape index (κ3) is 3.97. The Morgan fingerprint density at radius 1 is 1.67 bits per heavy atom. The zero-order valence-corrected chi connectivity index (χ0v) is 10.3. The van der Waals surface area contributed by atoms with Gasteiger partial charge in [0, 0.05) is 25.6 Å². The minimum Gasteiger partial charge on any atom is -0.373 e. The molecule has 2 unspecified atom stereocenters. The van der Waals surface area contributed by atoms with Gasteiger partial charge in [-0.15, -0.1) is 12.4 Å². The van der Waals surface area contributed by atoms with Gasteiger partial charge >= 0.3 is 0 Å². The Kier molecular flexibility index (Phi) is 6.89. The lowest BCUT2D eigenvalue weighted by atomic mass is 10.1. The number of ether oxygens (including phenoxy) is 1. The van der Waals surface area contributed by atoms with E-state index in [4.69, 9.17) is 10.5 Å². The monoisotopic (exact) mass is 236 g/mol. The topological polar surface area (TPSA) is 55.6 Å². The van der Waals surface area contributed by atoms with Gasteiger partial charge in [0.15, 0.2) is 0 Å². The summed E-state index contributed by atoms with van der Waals surface area (Å²) in [7, 11) is 0. The first-order valence-electron chi connectivity index (χ1n) is 5.29. The SMILES string of the molecule is CCC(C)C(=O)N1CCOC(CN)C1.Cl. The van der Waals surface area contributed by atoms with Crippen molar-refractivity contribution in [2.24, 2.45) is 11.7 Å². The maximum Gasteiger partial charge on any atom is 0.225 e. The van der Waals surface area contributed by atoms with Crippen molar-refractivity contribution < 1.29 is 9.53 Å². The van der Waals surface area contributed by atoms with Crippen LogP contribution in [0.3, 0.4) is 0 Å². The molecular weight excluding hydrogens is 216 g/mol. The molecular formula is C10H21ClN2O2. The van der Waals surface area contributed by atoms with E-state index in [-0.39, 0.29) is 30.3 Å². The zero-order valence-electron chi connectivity index (χ0n) is 9.44. The second-order valence-corrected chi connectivity index (χ2v) is 3.82. The number of morpholine rings is 1. The van der Waals surface area contributed by atoms with Gasteiger partial charge in [-0.2, -0.15) is 0 Å². The minimum absolute atomic E-state index is 0. The van der Waals surface area contributed by atoms with Crippen LogP contribution in [0.5, 0.6) is 0 Å². The van der Waals surface area contributed by atoms with Crippen LogP contribution in [0.2, 0.25) is 0 Å². The van der Waals surface area contributed by atoms with Crippen molar-refractivity contribution in [1.29, 1.82) is 0 Å². The minimum atomic E-state index is 0. The highest BCUT2D eigenvalue weighted by Crippen LogP contribution is 2.11. The molecule has 1 heterocycles. The second kappa shape index (κ2) is 7.04. The predicted molar refractivity (Wildman–Crippen MR) is 62.1 cm³/mol. The van der Waals surface area contributed by atoms with Crippen molar-refractivity contribution in [2.75, 3.05) is 26.2 Å². The van der Waals surface area contributed by atoms with E-state index < -0.39 is 0 Å². The van der Waals surface area contributed by atoms with E-state index in [0.29, 0.717) is 26.2 Å². The molecule has 0 aromatic carbocycles. The average Bonchev–Trinajstić information content (AvgIpc) is 2.27. The molecule has 0 saturated carbocycles. The number of nitrogens with zero attached hydrogens (tertiary/aromatic N) is 1. The van der Waals surface area contributed by atoms with Crippen LogP contribution in [-0.2, 0) is 9.53 Å². The van der Waals surface area contributed by atoms with Crippen LogP contribution in [0.25, 0.3) is 0 Å². The van der Waals surface area contributed by atoms with Crippen molar-refractivity contribution in [1.82, 2.24) is 4.90 Å². The summed E-state index contributed by atoms with van der Waals surface area (Å²) < 4.78 is 5.40. The van der Waals surface area contributed by atoms with Gasteiger partial charge in [0.2, 0.25) is 5.91 Å². The molecule has 1 fully saturated rings. The van der Waals surface area contributed by atoms with E-state index in [1.165, 1.54) is 0 Å². The Morgan fingerprint density at radius 3 is 2.87 bits per heavy atom.